The summed E-state index contributed by atoms with van der Waals surface area (Å²) < 4.78 is 14.5. The Morgan fingerprint density at radius 2 is 1.86 bits per heavy atom. The first-order valence-electron chi connectivity index (χ1n) is 7.34. The van der Waals surface area contributed by atoms with Crippen molar-refractivity contribution >= 4 is 22.6 Å². The van der Waals surface area contributed by atoms with E-state index >= 15 is 0 Å². The number of benzene rings is 2. The molecule has 0 aliphatic rings. The zero-order valence-corrected chi connectivity index (χ0v) is 14.7. The molecule has 21 heavy (non-hydrogen) atoms. The number of halogens is 2. The fourth-order valence-electron chi connectivity index (χ4n) is 2.43. The van der Waals surface area contributed by atoms with E-state index in [0.717, 1.165) is 24.9 Å². The number of hydrogen-bond acceptors (Lipinski definition) is 1. The summed E-state index contributed by atoms with van der Waals surface area (Å²) in [5, 5.41) is 3.60. The summed E-state index contributed by atoms with van der Waals surface area (Å²) in [6, 6.07) is 13.9. The molecule has 1 N–H and O–H groups in total. The van der Waals surface area contributed by atoms with Gasteiger partial charge in [0.2, 0.25) is 0 Å². The Bertz CT molecular complexity index is 580. The molecule has 0 saturated carbocycles. The van der Waals surface area contributed by atoms with Gasteiger partial charge in [-0.3, -0.25) is 0 Å². The largest absolute Gasteiger partial charge is 0.310 e. The van der Waals surface area contributed by atoms with Gasteiger partial charge < -0.3 is 5.32 Å². The lowest BCUT2D eigenvalue weighted by atomic mass is 9.96. The fourth-order valence-corrected chi connectivity index (χ4v) is 2.79. The number of rotatable bonds is 6. The normalized spacial score (nSPS) is 12.4. The van der Waals surface area contributed by atoms with Gasteiger partial charge in [-0.1, -0.05) is 25.1 Å². The Morgan fingerprint density at radius 1 is 1.14 bits per heavy atom. The zero-order valence-electron chi connectivity index (χ0n) is 12.5. The summed E-state index contributed by atoms with van der Waals surface area (Å²) in [6.45, 7) is 5.13. The molecule has 112 valence electrons. The van der Waals surface area contributed by atoms with E-state index in [0.29, 0.717) is 0 Å². The van der Waals surface area contributed by atoms with E-state index in [2.05, 4.69) is 59.1 Å². The Kier molecular flexibility index (Phi) is 6.18. The van der Waals surface area contributed by atoms with Crippen molar-refractivity contribution in [3.05, 3.63) is 68.5 Å². The highest BCUT2D eigenvalue weighted by molar-refractivity contribution is 14.1. The van der Waals surface area contributed by atoms with Crippen molar-refractivity contribution in [1.82, 2.24) is 5.32 Å². The van der Waals surface area contributed by atoms with Gasteiger partial charge >= 0.3 is 0 Å². The van der Waals surface area contributed by atoms with Crippen molar-refractivity contribution in [2.45, 2.75) is 32.7 Å². The Hall–Kier alpha value is -0.940. The Labute approximate surface area is 140 Å². The maximum absolute atomic E-state index is 13.2. The molecule has 0 heterocycles. The molecule has 2 aromatic carbocycles. The predicted octanol–water partition coefficient (Wildman–Crippen LogP) is 5.02. The molecule has 0 aliphatic carbocycles. The van der Waals surface area contributed by atoms with Gasteiger partial charge in [0.1, 0.15) is 5.82 Å². The molecule has 0 spiro atoms. The zero-order chi connectivity index (χ0) is 15.2. The molecule has 2 aromatic rings. The van der Waals surface area contributed by atoms with E-state index in [1.54, 1.807) is 12.1 Å². The highest BCUT2D eigenvalue weighted by Crippen LogP contribution is 2.22. The van der Waals surface area contributed by atoms with E-state index in [1.807, 2.05) is 13.0 Å². The maximum Gasteiger partial charge on any atom is 0.123 e. The van der Waals surface area contributed by atoms with Crippen LogP contribution in [0.15, 0.2) is 42.5 Å². The van der Waals surface area contributed by atoms with Gasteiger partial charge in [0, 0.05) is 9.61 Å². The van der Waals surface area contributed by atoms with Gasteiger partial charge in [0.15, 0.2) is 0 Å². The summed E-state index contributed by atoms with van der Waals surface area (Å²) in [7, 11) is 0. The Balaban J connectivity index is 2.21. The topological polar surface area (TPSA) is 12.0 Å². The minimum atomic E-state index is -0.163. The quantitative estimate of drug-likeness (QED) is 0.675. The minimum Gasteiger partial charge on any atom is -0.310 e. The number of aryl methyl sites for hydroxylation is 1. The van der Waals surface area contributed by atoms with Crippen LogP contribution in [-0.4, -0.2) is 6.54 Å². The van der Waals surface area contributed by atoms with Crippen molar-refractivity contribution in [3.63, 3.8) is 0 Å². The molecule has 1 atom stereocenters. The van der Waals surface area contributed by atoms with E-state index in [-0.39, 0.29) is 11.9 Å². The van der Waals surface area contributed by atoms with Crippen molar-refractivity contribution < 1.29 is 4.39 Å². The molecule has 1 unspecified atom stereocenters. The molecule has 0 saturated heterocycles. The van der Waals surface area contributed by atoms with Crippen LogP contribution in [0.2, 0.25) is 0 Å². The smallest absolute Gasteiger partial charge is 0.123 e. The van der Waals surface area contributed by atoms with Gasteiger partial charge in [-0.15, -0.1) is 0 Å². The van der Waals surface area contributed by atoms with Gasteiger partial charge in [0.25, 0.3) is 0 Å². The first-order valence-corrected chi connectivity index (χ1v) is 8.42. The van der Waals surface area contributed by atoms with Gasteiger partial charge in [-0.25, -0.2) is 4.39 Å². The number of nitrogens with one attached hydrogen (secondary N) is 1. The minimum absolute atomic E-state index is 0.163. The monoisotopic (exact) mass is 397 g/mol. The third-order valence-electron chi connectivity index (χ3n) is 3.64. The predicted molar refractivity (Wildman–Crippen MR) is 95.0 cm³/mol. The van der Waals surface area contributed by atoms with Gasteiger partial charge in [-0.2, -0.15) is 0 Å². The molecule has 3 heteroatoms. The second-order valence-electron chi connectivity index (χ2n) is 5.33. The molecule has 0 aromatic heterocycles. The molecular weight excluding hydrogens is 376 g/mol. The molecule has 2 rings (SSSR count). The molecular formula is C18H21FIN. The number of hydrogen-bond donors (Lipinski definition) is 1. The van der Waals surface area contributed by atoms with E-state index < -0.39 is 0 Å². The van der Waals surface area contributed by atoms with Crippen LogP contribution >= 0.6 is 22.6 Å². The maximum atomic E-state index is 13.2. The van der Waals surface area contributed by atoms with Gasteiger partial charge in [-0.05, 0) is 89.9 Å². The molecule has 0 radical (unpaired) electrons. The van der Waals surface area contributed by atoms with Crippen LogP contribution in [0.3, 0.4) is 0 Å². The molecule has 0 fully saturated rings. The summed E-state index contributed by atoms with van der Waals surface area (Å²) in [5.41, 5.74) is 3.50. The second-order valence-corrected chi connectivity index (χ2v) is 6.58. The standard InChI is InChI=1S/C18H21FIN/c1-3-10-21-18(14-5-8-17(20)9-6-14)12-15-4-7-16(19)11-13(15)2/h4-9,11,18,21H,3,10,12H2,1-2H3. The fraction of sp³-hybridized carbons (Fsp3) is 0.333. The van der Waals surface area contributed by atoms with Crippen LogP contribution < -0.4 is 5.32 Å². The third kappa shape index (κ3) is 4.78. The highest BCUT2D eigenvalue weighted by Gasteiger charge is 2.13. The lowest BCUT2D eigenvalue weighted by molar-refractivity contribution is 0.527. The SMILES string of the molecule is CCCNC(Cc1ccc(F)cc1C)c1ccc(I)cc1. The van der Waals surface area contributed by atoms with Gasteiger partial charge in [0.05, 0.1) is 0 Å². The Morgan fingerprint density at radius 3 is 2.48 bits per heavy atom. The van der Waals surface area contributed by atoms with E-state index in [1.165, 1.54) is 14.7 Å². The summed E-state index contributed by atoms with van der Waals surface area (Å²) >= 11 is 2.32. The molecule has 0 amide bonds. The molecule has 0 aliphatic heterocycles. The first-order chi connectivity index (χ1) is 10.1. The van der Waals surface area contributed by atoms with Crippen LogP contribution in [0.5, 0.6) is 0 Å². The summed E-state index contributed by atoms with van der Waals surface area (Å²) in [4.78, 5) is 0. The summed E-state index contributed by atoms with van der Waals surface area (Å²) in [6.07, 6.45) is 1.98. The lowest BCUT2D eigenvalue weighted by Crippen LogP contribution is -2.24. The third-order valence-corrected chi connectivity index (χ3v) is 4.36. The van der Waals surface area contributed by atoms with Crippen molar-refractivity contribution in [2.24, 2.45) is 0 Å². The second kappa shape index (κ2) is 7.90. The van der Waals surface area contributed by atoms with Crippen molar-refractivity contribution in [1.29, 1.82) is 0 Å². The van der Waals surface area contributed by atoms with Crippen LogP contribution in [0.1, 0.15) is 36.1 Å². The summed E-state index contributed by atoms with van der Waals surface area (Å²) in [5.74, 6) is -0.163. The lowest BCUT2D eigenvalue weighted by Gasteiger charge is -2.20. The van der Waals surface area contributed by atoms with Crippen molar-refractivity contribution in [3.8, 4) is 0 Å². The van der Waals surface area contributed by atoms with Crippen LogP contribution in [0.4, 0.5) is 4.39 Å². The van der Waals surface area contributed by atoms with E-state index in [9.17, 15) is 4.39 Å². The first kappa shape index (κ1) is 16.4. The van der Waals surface area contributed by atoms with Crippen molar-refractivity contribution in [2.75, 3.05) is 6.54 Å². The molecule has 1 nitrogen and oxygen atoms in total. The van der Waals surface area contributed by atoms with E-state index in [4.69, 9.17) is 0 Å². The van der Waals surface area contributed by atoms with Crippen LogP contribution in [-0.2, 0) is 6.42 Å². The van der Waals surface area contributed by atoms with Crippen LogP contribution in [0.25, 0.3) is 0 Å². The van der Waals surface area contributed by atoms with Crippen LogP contribution in [0, 0.1) is 16.3 Å². The highest BCUT2D eigenvalue weighted by atomic mass is 127. The average molecular weight is 397 g/mol. The average Bonchev–Trinajstić information content (AvgIpc) is 2.46. The molecule has 0 bridgehead atoms.